The summed E-state index contributed by atoms with van der Waals surface area (Å²) in [5.41, 5.74) is 0.215. The molecule has 1 aliphatic heterocycles. The van der Waals surface area contributed by atoms with E-state index in [2.05, 4.69) is 38.0 Å². The highest BCUT2D eigenvalue weighted by atomic mass is 16.5. The lowest BCUT2D eigenvalue weighted by Gasteiger charge is -2.35. The molecule has 0 aromatic heterocycles. The van der Waals surface area contributed by atoms with E-state index in [4.69, 9.17) is 4.74 Å². The zero-order valence-electron chi connectivity index (χ0n) is 12.4. The van der Waals surface area contributed by atoms with E-state index in [1.54, 1.807) is 0 Å². The number of ether oxygens (including phenoxy) is 1. The predicted octanol–water partition coefficient (Wildman–Crippen LogP) is 0.951. The maximum atomic E-state index is 9.22. The van der Waals surface area contributed by atoms with Gasteiger partial charge in [0.2, 0.25) is 0 Å². The van der Waals surface area contributed by atoms with Crippen LogP contribution in [0.15, 0.2) is 0 Å². The fourth-order valence-corrected chi connectivity index (χ4v) is 2.42. The molecule has 108 valence electrons. The van der Waals surface area contributed by atoms with Crippen LogP contribution >= 0.6 is 0 Å². The second-order valence-corrected chi connectivity index (χ2v) is 6.27. The summed E-state index contributed by atoms with van der Waals surface area (Å²) in [5.74, 6) is 0.679. The number of likely N-dealkylation sites (N-methyl/N-ethyl adjacent to an activating group) is 1. The first kappa shape index (κ1) is 15.9. The van der Waals surface area contributed by atoms with Crippen LogP contribution in [0.4, 0.5) is 0 Å². The second-order valence-electron chi connectivity index (χ2n) is 6.27. The first-order valence-corrected chi connectivity index (χ1v) is 7.09. The molecule has 0 radical (unpaired) electrons. The van der Waals surface area contributed by atoms with Crippen molar-refractivity contribution in [3.05, 3.63) is 0 Å². The number of nitrogens with one attached hydrogen (secondary N) is 1. The zero-order chi connectivity index (χ0) is 13.6. The van der Waals surface area contributed by atoms with Gasteiger partial charge in [-0.3, -0.25) is 0 Å². The highest BCUT2D eigenvalue weighted by Gasteiger charge is 2.36. The van der Waals surface area contributed by atoms with Gasteiger partial charge in [-0.25, -0.2) is 0 Å². The fraction of sp³-hybridized carbons (Fsp3) is 1.00. The minimum absolute atomic E-state index is 0.215. The van der Waals surface area contributed by atoms with Crippen molar-refractivity contribution in [2.24, 2.45) is 11.3 Å². The van der Waals surface area contributed by atoms with Gasteiger partial charge in [-0.15, -0.1) is 0 Å². The van der Waals surface area contributed by atoms with Crippen LogP contribution in [0.1, 0.15) is 27.2 Å². The predicted molar refractivity (Wildman–Crippen MR) is 74.8 cm³/mol. The first-order chi connectivity index (χ1) is 8.49. The Morgan fingerprint density at radius 2 is 2.11 bits per heavy atom. The van der Waals surface area contributed by atoms with Crippen LogP contribution in [0.5, 0.6) is 0 Å². The van der Waals surface area contributed by atoms with Gasteiger partial charge in [-0.05, 0) is 32.9 Å². The molecule has 1 fully saturated rings. The summed E-state index contributed by atoms with van der Waals surface area (Å²) in [5, 5.41) is 12.8. The van der Waals surface area contributed by atoms with E-state index in [1.165, 1.54) is 0 Å². The molecule has 1 saturated heterocycles. The topological polar surface area (TPSA) is 44.7 Å². The van der Waals surface area contributed by atoms with Gasteiger partial charge in [0.05, 0.1) is 13.2 Å². The van der Waals surface area contributed by atoms with Crippen molar-refractivity contribution in [3.8, 4) is 0 Å². The van der Waals surface area contributed by atoms with E-state index >= 15 is 0 Å². The standard InChI is InChI=1S/C14H30N2O2/c1-12(2)7-15-9-14(5-6-18-11-14)10-16(4)13(3)8-17/h12-13,15,17H,5-11H2,1-4H3. The average Bonchev–Trinajstić information content (AvgIpc) is 2.76. The lowest BCUT2D eigenvalue weighted by molar-refractivity contribution is 0.0838. The summed E-state index contributed by atoms with van der Waals surface area (Å²) in [4.78, 5) is 2.24. The number of aliphatic hydroxyl groups is 1. The molecule has 0 bridgehead atoms. The Balaban J connectivity index is 2.47. The van der Waals surface area contributed by atoms with Crippen LogP contribution in [0.2, 0.25) is 0 Å². The normalized spacial score (nSPS) is 26.2. The highest BCUT2D eigenvalue weighted by Crippen LogP contribution is 2.29. The summed E-state index contributed by atoms with van der Waals surface area (Å²) in [6, 6.07) is 0.215. The van der Waals surface area contributed by atoms with Crippen LogP contribution in [-0.2, 0) is 4.74 Å². The van der Waals surface area contributed by atoms with Crippen molar-refractivity contribution in [1.82, 2.24) is 10.2 Å². The van der Waals surface area contributed by atoms with Gasteiger partial charge in [0.1, 0.15) is 0 Å². The molecule has 1 rings (SSSR count). The van der Waals surface area contributed by atoms with E-state index in [9.17, 15) is 5.11 Å². The zero-order valence-corrected chi connectivity index (χ0v) is 12.4. The second kappa shape index (κ2) is 7.43. The maximum absolute atomic E-state index is 9.22. The minimum atomic E-state index is 0.215. The third-order valence-electron chi connectivity index (χ3n) is 3.84. The Bertz CT molecular complexity index is 228. The Morgan fingerprint density at radius 1 is 1.39 bits per heavy atom. The molecule has 2 unspecified atom stereocenters. The van der Waals surface area contributed by atoms with Crippen molar-refractivity contribution in [3.63, 3.8) is 0 Å². The average molecular weight is 258 g/mol. The Kier molecular flexibility index (Phi) is 6.57. The quantitative estimate of drug-likeness (QED) is 0.680. The maximum Gasteiger partial charge on any atom is 0.0584 e. The van der Waals surface area contributed by atoms with Gasteiger partial charge in [0.25, 0.3) is 0 Å². The number of rotatable bonds is 8. The molecule has 4 heteroatoms. The molecule has 2 atom stereocenters. The van der Waals surface area contributed by atoms with Crippen LogP contribution in [-0.4, -0.2) is 62.6 Å². The molecule has 4 nitrogen and oxygen atoms in total. The van der Waals surface area contributed by atoms with Gasteiger partial charge in [-0.2, -0.15) is 0 Å². The molecule has 0 aromatic rings. The summed E-state index contributed by atoms with van der Waals surface area (Å²) in [6.45, 7) is 11.5. The third kappa shape index (κ3) is 4.84. The van der Waals surface area contributed by atoms with Gasteiger partial charge in [-0.1, -0.05) is 13.8 Å². The molecule has 18 heavy (non-hydrogen) atoms. The molecule has 0 aliphatic carbocycles. The lowest BCUT2D eigenvalue weighted by Crippen LogP contribution is -2.47. The van der Waals surface area contributed by atoms with Gasteiger partial charge >= 0.3 is 0 Å². The highest BCUT2D eigenvalue weighted by molar-refractivity contribution is 4.89. The minimum Gasteiger partial charge on any atom is -0.395 e. The van der Waals surface area contributed by atoms with Gasteiger partial charge in [0.15, 0.2) is 0 Å². The molecule has 1 aliphatic rings. The number of hydrogen-bond donors (Lipinski definition) is 2. The van der Waals surface area contributed by atoms with E-state index in [0.29, 0.717) is 5.92 Å². The number of hydrogen-bond acceptors (Lipinski definition) is 4. The fourth-order valence-electron chi connectivity index (χ4n) is 2.42. The van der Waals surface area contributed by atoms with E-state index in [1.807, 2.05) is 0 Å². The van der Waals surface area contributed by atoms with Crippen molar-refractivity contribution >= 4 is 0 Å². The summed E-state index contributed by atoms with van der Waals surface area (Å²) in [7, 11) is 2.09. The molecule has 0 aromatic carbocycles. The van der Waals surface area contributed by atoms with Crippen LogP contribution < -0.4 is 5.32 Å². The molecule has 0 saturated carbocycles. The molecule has 0 amide bonds. The SMILES string of the molecule is CC(C)CNCC1(CN(C)C(C)CO)CCOC1. The summed E-state index contributed by atoms with van der Waals surface area (Å²) < 4.78 is 5.60. The van der Waals surface area contributed by atoms with E-state index in [-0.39, 0.29) is 18.1 Å². The van der Waals surface area contributed by atoms with E-state index < -0.39 is 0 Å². The molecule has 0 spiro atoms. The van der Waals surface area contributed by atoms with Crippen molar-refractivity contribution in [2.45, 2.75) is 33.2 Å². The molecular weight excluding hydrogens is 228 g/mol. The number of aliphatic hydroxyl groups excluding tert-OH is 1. The Hall–Kier alpha value is -0.160. The largest absolute Gasteiger partial charge is 0.395 e. The lowest BCUT2D eigenvalue weighted by atomic mass is 9.86. The summed E-state index contributed by atoms with van der Waals surface area (Å²) >= 11 is 0. The van der Waals surface area contributed by atoms with Gasteiger partial charge in [0, 0.05) is 31.2 Å². The van der Waals surface area contributed by atoms with Crippen molar-refractivity contribution < 1.29 is 9.84 Å². The Morgan fingerprint density at radius 3 is 2.61 bits per heavy atom. The van der Waals surface area contributed by atoms with E-state index in [0.717, 1.165) is 39.3 Å². The monoisotopic (exact) mass is 258 g/mol. The Labute approximate surface area is 112 Å². The molecular formula is C14H30N2O2. The third-order valence-corrected chi connectivity index (χ3v) is 3.84. The first-order valence-electron chi connectivity index (χ1n) is 7.09. The number of nitrogens with zero attached hydrogens (tertiary/aromatic N) is 1. The van der Waals surface area contributed by atoms with Crippen molar-refractivity contribution in [2.75, 3.05) is 46.5 Å². The molecule has 1 heterocycles. The molecule has 2 N–H and O–H groups in total. The van der Waals surface area contributed by atoms with Crippen LogP contribution in [0.3, 0.4) is 0 Å². The van der Waals surface area contributed by atoms with Gasteiger partial charge < -0.3 is 20.1 Å². The smallest absolute Gasteiger partial charge is 0.0584 e. The van der Waals surface area contributed by atoms with Crippen molar-refractivity contribution in [1.29, 1.82) is 0 Å². The summed E-state index contributed by atoms with van der Waals surface area (Å²) in [6.07, 6.45) is 1.11. The van der Waals surface area contributed by atoms with Crippen LogP contribution in [0, 0.1) is 11.3 Å². The van der Waals surface area contributed by atoms with Crippen LogP contribution in [0.25, 0.3) is 0 Å².